The molecule has 0 saturated carbocycles. The molecule has 17 heavy (non-hydrogen) atoms. The number of nitrogens with one attached hydrogen (secondary N) is 1. The van der Waals surface area contributed by atoms with Gasteiger partial charge in [-0.3, -0.25) is 0 Å². The Labute approximate surface area is 116 Å². The van der Waals surface area contributed by atoms with Crippen LogP contribution in [0.15, 0.2) is 10.5 Å². The van der Waals surface area contributed by atoms with Crippen LogP contribution in [0, 0.1) is 13.8 Å². The molecule has 0 unspecified atom stereocenters. The predicted molar refractivity (Wildman–Crippen MR) is 75.1 cm³/mol. The predicted octanol–water partition coefficient (Wildman–Crippen LogP) is 3.85. The van der Waals surface area contributed by atoms with Gasteiger partial charge in [-0.1, -0.05) is 11.6 Å². The molecule has 0 spiro atoms. The van der Waals surface area contributed by atoms with Gasteiger partial charge in [0.2, 0.25) is 0 Å². The van der Waals surface area contributed by atoms with Crippen molar-refractivity contribution in [1.29, 1.82) is 0 Å². The summed E-state index contributed by atoms with van der Waals surface area (Å²) in [6, 6.07) is 2.01. The molecule has 1 atom stereocenters. The van der Waals surface area contributed by atoms with Crippen LogP contribution in [0.1, 0.15) is 24.0 Å². The van der Waals surface area contributed by atoms with Crippen LogP contribution in [-0.4, -0.2) is 19.2 Å². The average Bonchev–Trinajstić information content (AvgIpc) is 2.35. The third-order valence-corrected chi connectivity index (χ3v) is 4.68. The van der Waals surface area contributed by atoms with E-state index in [-0.39, 0.29) is 6.10 Å². The van der Waals surface area contributed by atoms with Crippen molar-refractivity contribution in [1.82, 2.24) is 5.32 Å². The quantitative estimate of drug-likeness (QED) is 0.894. The Balaban J connectivity index is 2.20. The Hall–Kier alpha value is -0.250. The van der Waals surface area contributed by atoms with Crippen molar-refractivity contribution in [2.24, 2.45) is 0 Å². The van der Waals surface area contributed by atoms with Gasteiger partial charge in [-0.25, -0.2) is 0 Å². The van der Waals surface area contributed by atoms with Gasteiger partial charge in [0.05, 0.1) is 4.47 Å². The number of rotatable bonds is 2. The highest BCUT2D eigenvalue weighted by molar-refractivity contribution is 9.10. The van der Waals surface area contributed by atoms with Crippen molar-refractivity contribution in [3.8, 4) is 5.75 Å². The van der Waals surface area contributed by atoms with Crippen LogP contribution < -0.4 is 10.1 Å². The summed E-state index contributed by atoms with van der Waals surface area (Å²) in [5.74, 6) is 0.901. The molecule has 1 fully saturated rings. The second-order valence-electron chi connectivity index (χ2n) is 4.53. The SMILES string of the molecule is Cc1cc(O[C@@H]2CCCNC2)c(Br)c(C)c1Cl. The molecule has 2 rings (SSSR count). The summed E-state index contributed by atoms with van der Waals surface area (Å²) in [4.78, 5) is 0. The molecule has 2 nitrogen and oxygen atoms in total. The van der Waals surface area contributed by atoms with E-state index < -0.39 is 0 Å². The van der Waals surface area contributed by atoms with Gasteiger partial charge in [-0.15, -0.1) is 0 Å². The first-order chi connectivity index (χ1) is 8.09. The van der Waals surface area contributed by atoms with Crippen molar-refractivity contribution in [2.45, 2.75) is 32.8 Å². The molecular formula is C13H17BrClNO. The first-order valence-corrected chi connectivity index (χ1v) is 7.09. The Bertz CT molecular complexity index is 416. The zero-order chi connectivity index (χ0) is 12.4. The number of piperidine rings is 1. The number of aryl methyl sites for hydroxylation is 1. The molecule has 0 aromatic heterocycles. The number of ether oxygens (including phenoxy) is 1. The summed E-state index contributed by atoms with van der Waals surface area (Å²) in [7, 11) is 0. The molecule has 1 aliphatic rings. The molecule has 0 bridgehead atoms. The van der Waals surface area contributed by atoms with Gasteiger partial charge in [-0.2, -0.15) is 0 Å². The lowest BCUT2D eigenvalue weighted by Crippen LogP contribution is -2.37. The Kier molecular flexibility index (Phi) is 4.34. The minimum atomic E-state index is 0.264. The minimum Gasteiger partial charge on any atom is -0.488 e. The summed E-state index contributed by atoms with van der Waals surface area (Å²) < 4.78 is 7.01. The highest BCUT2D eigenvalue weighted by Crippen LogP contribution is 2.36. The third-order valence-electron chi connectivity index (χ3n) is 3.11. The van der Waals surface area contributed by atoms with Crippen LogP contribution in [-0.2, 0) is 0 Å². The fourth-order valence-corrected chi connectivity index (χ4v) is 2.76. The molecule has 1 saturated heterocycles. The molecule has 94 valence electrons. The lowest BCUT2D eigenvalue weighted by atomic mass is 10.1. The first kappa shape index (κ1) is 13.2. The van der Waals surface area contributed by atoms with E-state index in [0.29, 0.717) is 0 Å². The molecule has 1 N–H and O–H groups in total. The van der Waals surface area contributed by atoms with E-state index in [1.54, 1.807) is 0 Å². The number of hydrogen-bond acceptors (Lipinski definition) is 2. The van der Waals surface area contributed by atoms with Gasteiger partial charge in [-0.05, 0) is 66.4 Å². The molecule has 1 aromatic rings. The first-order valence-electron chi connectivity index (χ1n) is 5.92. The normalized spacial score (nSPS) is 20.4. The van der Waals surface area contributed by atoms with E-state index in [2.05, 4.69) is 21.2 Å². The highest BCUT2D eigenvalue weighted by Gasteiger charge is 2.17. The minimum absolute atomic E-state index is 0.264. The molecule has 0 amide bonds. The average molecular weight is 319 g/mol. The van der Waals surface area contributed by atoms with E-state index >= 15 is 0 Å². The van der Waals surface area contributed by atoms with Crippen molar-refractivity contribution in [2.75, 3.05) is 13.1 Å². The lowest BCUT2D eigenvalue weighted by molar-refractivity contribution is 0.166. The molecule has 4 heteroatoms. The van der Waals surface area contributed by atoms with Crippen LogP contribution in [0.2, 0.25) is 5.02 Å². The van der Waals surface area contributed by atoms with Gasteiger partial charge in [0.25, 0.3) is 0 Å². The Morgan fingerprint density at radius 2 is 2.24 bits per heavy atom. The Morgan fingerprint density at radius 3 is 2.88 bits per heavy atom. The third kappa shape index (κ3) is 2.95. The number of halogens is 2. The number of benzene rings is 1. The van der Waals surface area contributed by atoms with Gasteiger partial charge < -0.3 is 10.1 Å². The second-order valence-corrected chi connectivity index (χ2v) is 5.70. The second kappa shape index (κ2) is 5.59. The van der Waals surface area contributed by atoms with Crippen LogP contribution in [0.25, 0.3) is 0 Å². The summed E-state index contributed by atoms with van der Waals surface area (Å²) in [6.07, 6.45) is 2.55. The molecule has 0 aliphatic carbocycles. The monoisotopic (exact) mass is 317 g/mol. The fraction of sp³-hybridized carbons (Fsp3) is 0.538. The maximum absolute atomic E-state index is 6.20. The van der Waals surface area contributed by atoms with Gasteiger partial charge in [0, 0.05) is 11.6 Å². The Morgan fingerprint density at radius 1 is 1.47 bits per heavy atom. The van der Waals surface area contributed by atoms with Crippen LogP contribution in [0.5, 0.6) is 5.75 Å². The largest absolute Gasteiger partial charge is 0.488 e. The van der Waals surface area contributed by atoms with E-state index in [1.165, 1.54) is 6.42 Å². The molecule has 1 aliphatic heterocycles. The van der Waals surface area contributed by atoms with Gasteiger partial charge in [0.15, 0.2) is 0 Å². The van der Waals surface area contributed by atoms with Gasteiger partial charge in [0.1, 0.15) is 11.9 Å². The van der Waals surface area contributed by atoms with Crippen molar-refractivity contribution < 1.29 is 4.74 Å². The molecular weight excluding hydrogens is 302 g/mol. The van der Waals surface area contributed by atoms with Crippen molar-refractivity contribution in [3.05, 3.63) is 26.7 Å². The van der Waals surface area contributed by atoms with Crippen LogP contribution in [0.4, 0.5) is 0 Å². The van der Waals surface area contributed by atoms with E-state index in [4.69, 9.17) is 16.3 Å². The zero-order valence-electron chi connectivity index (χ0n) is 10.1. The van der Waals surface area contributed by atoms with Crippen LogP contribution >= 0.6 is 27.5 Å². The topological polar surface area (TPSA) is 21.3 Å². The number of hydrogen-bond donors (Lipinski definition) is 1. The molecule has 1 heterocycles. The standard InChI is InChI=1S/C13H17BrClNO/c1-8-6-11(12(14)9(2)13(8)15)17-10-4-3-5-16-7-10/h6,10,16H,3-5,7H2,1-2H3/t10-/m1/s1. The van der Waals surface area contributed by atoms with Crippen LogP contribution in [0.3, 0.4) is 0 Å². The maximum Gasteiger partial charge on any atom is 0.134 e. The highest BCUT2D eigenvalue weighted by atomic mass is 79.9. The van der Waals surface area contributed by atoms with E-state index in [9.17, 15) is 0 Å². The van der Waals surface area contributed by atoms with E-state index in [1.807, 2.05) is 19.9 Å². The molecule has 1 aromatic carbocycles. The summed E-state index contributed by atoms with van der Waals surface area (Å²) in [6.45, 7) is 6.03. The summed E-state index contributed by atoms with van der Waals surface area (Å²) in [5.41, 5.74) is 2.11. The lowest BCUT2D eigenvalue weighted by Gasteiger charge is -2.25. The summed E-state index contributed by atoms with van der Waals surface area (Å²) >= 11 is 9.76. The van der Waals surface area contributed by atoms with Crippen molar-refractivity contribution in [3.63, 3.8) is 0 Å². The van der Waals surface area contributed by atoms with Gasteiger partial charge >= 0.3 is 0 Å². The maximum atomic E-state index is 6.20. The molecule has 0 radical (unpaired) electrons. The fourth-order valence-electron chi connectivity index (χ4n) is 2.09. The zero-order valence-corrected chi connectivity index (χ0v) is 12.5. The smallest absolute Gasteiger partial charge is 0.134 e. The van der Waals surface area contributed by atoms with Crippen molar-refractivity contribution >= 4 is 27.5 Å². The van der Waals surface area contributed by atoms with E-state index in [0.717, 1.165) is 45.9 Å². The summed E-state index contributed by atoms with van der Waals surface area (Å²) in [5, 5.41) is 4.16.